The van der Waals surface area contributed by atoms with Crippen molar-refractivity contribution >= 4 is 5.97 Å². The van der Waals surface area contributed by atoms with Crippen LogP contribution >= 0.6 is 0 Å². The first-order chi connectivity index (χ1) is 8.61. The van der Waals surface area contributed by atoms with Gasteiger partial charge < -0.3 is 5.11 Å². The first kappa shape index (κ1) is 13.1. The summed E-state index contributed by atoms with van der Waals surface area (Å²) in [5.41, 5.74) is 0.960. The lowest BCUT2D eigenvalue weighted by atomic mass is 9.70. The van der Waals surface area contributed by atoms with E-state index in [1.807, 2.05) is 0 Å². The number of rotatable bonds is 3. The van der Waals surface area contributed by atoms with Gasteiger partial charge in [0.05, 0.1) is 5.92 Å². The van der Waals surface area contributed by atoms with Crippen LogP contribution in [-0.2, 0) is 4.79 Å². The molecular formula is C15H19FO2. The van der Waals surface area contributed by atoms with Crippen molar-refractivity contribution in [2.24, 2.45) is 11.8 Å². The van der Waals surface area contributed by atoms with Gasteiger partial charge in [0, 0.05) is 0 Å². The van der Waals surface area contributed by atoms with Gasteiger partial charge in [-0.25, -0.2) is 4.39 Å². The van der Waals surface area contributed by atoms with Gasteiger partial charge >= 0.3 is 5.97 Å². The number of carbonyl (C=O) groups is 1. The molecule has 3 heteroatoms. The van der Waals surface area contributed by atoms with E-state index in [2.05, 4.69) is 6.92 Å². The summed E-state index contributed by atoms with van der Waals surface area (Å²) in [6.07, 6.45) is 3.71. The van der Waals surface area contributed by atoms with Gasteiger partial charge in [0.15, 0.2) is 0 Å². The molecule has 0 spiro atoms. The van der Waals surface area contributed by atoms with Crippen LogP contribution in [0.3, 0.4) is 0 Å². The third-order valence-corrected chi connectivity index (χ3v) is 4.15. The fourth-order valence-corrected chi connectivity index (χ4v) is 3.00. The molecule has 1 aromatic rings. The zero-order valence-corrected chi connectivity index (χ0v) is 10.6. The Balaban J connectivity index is 2.24. The Morgan fingerprint density at radius 1 is 1.33 bits per heavy atom. The van der Waals surface area contributed by atoms with Crippen molar-refractivity contribution in [2.75, 3.05) is 0 Å². The zero-order valence-electron chi connectivity index (χ0n) is 10.6. The Morgan fingerprint density at radius 3 is 2.56 bits per heavy atom. The highest BCUT2D eigenvalue weighted by Gasteiger charge is 2.35. The quantitative estimate of drug-likeness (QED) is 0.885. The summed E-state index contributed by atoms with van der Waals surface area (Å²) in [4.78, 5) is 11.3. The van der Waals surface area contributed by atoms with Gasteiger partial charge in [-0.3, -0.25) is 4.79 Å². The summed E-state index contributed by atoms with van der Waals surface area (Å²) in [6, 6.07) is 6.30. The van der Waals surface area contributed by atoms with E-state index in [4.69, 9.17) is 0 Å². The summed E-state index contributed by atoms with van der Waals surface area (Å²) in [6.45, 7) is 2.15. The number of hydrogen-bond acceptors (Lipinski definition) is 1. The summed E-state index contributed by atoms with van der Waals surface area (Å²) in [5, 5.41) is 9.31. The molecule has 0 saturated heterocycles. The molecule has 1 aliphatic carbocycles. The number of halogens is 1. The van der Waals surface area contributed by atoms with Gasteiger partial charge in [-0.1, -0.05) is 25.5 Å². The summed E-state index contributed by atoms with van der Waals surface area (Å²) in [5.74, 6) is -0.692. The maximum Gasteiger partial charge on any atom is 0.307 e. The van der Waals surface area contributed by atoms with Crippen molar-refractivity contribution in [2.45, 2.75) is 38.5 Å². The van der Waals surface area contributed by atoms with E-state index in [1.165, 1.54) is 12.1 Å². The van der Waals surface area contributed by atoms with Crippen LogP contribution in [0.4, 0.5) is 4.39 Å². The first-order valence-corrected chi connectivity index (χ1v) is 6.60. The minimum absolute atomic E-state index is 0.0294. The van der Waals surface area contributed by atoms with E-state index in [9.17, 15) is 14.3 Å². The van der Waals surface area contributed by atoms with E-state index in [0.29, 0.717) is 5.92 Å². The Morgan fingerprint density at radius 2 is 2.00 bits per heavy atom. The van der Waals surface area contributed by atoms with Gasteiger partial charge in [-0.15, -0.1) is 0 Å². The topological polar surface area (TPSA) is 37.3 Å². The molecule has 0 aromatic heterocycles. The van der Waals surface area contributed by atoms with Crippen molar-refractivity contribution in [3.8, 4) is 0 Å². The van der Waals surface area contributed by atoms with E-state index in [0.717, 1.165) is 31.2 Å². The van der Waals surface area contributed by atoms with Gasteiger partial charge in [0.2, 0.25) is 0 Å². The monoisotopic (exact) mass is 250 g/mol. The summed E-state index contributed by atoms with van der Waals surface area (Å²) < 4.78 is 12.9. The normalized spacial score (nSPS) is 28.0. The molecule has 1 fully saturated rings. The van der Waals surface area contributed by atoms with Crippen molar-refractivity contribution in [3.63, 3.8) is 0 Å². The summed E-state index contributed by atoms with van der Waals surface area (Å²) in [7, 11) is 0. The van der Waals surface area contributed by atoms with E-state index in [1.54, 1.807) is 12.1 Å². The van der Waals surface area contributed by atoms with Gasteiger partial charge in [-0.2, -0.15) is 0 Å². The molecule has 3 unspecified atom stereocenters. The molecule has 0 amide bonds. The minimum atomic E-state index is -0.723. The number of hydrogen-bond donors (Lipinski definition) is 1. The Bertz CT molecular complexity index is 413. The predicted octanol–water partition coefficient (Wildman–Crippen LogP) is 3.82. The van der Waals surface area contributed by atoms with Crippen LogP contribution < -0.4 is 0 Å². The van der Waals surface area contributed by atoms with Gasteiger partial charge in [0.1, 0.15) is 5.82 Å². The molecule has 0 aliphatic heterocycles. The molecule has 1 aromatic carbocycles. The van der Waals surface area contributed by atoms with E-state index in [-0.39, 0.29) is 17.7 Å². The molecule has 1 saturated carbocycles. The lowest BCUT2D eigenvalue weighted by molar-refractivity contribution is -0.143. The smallest absolute Gasteiger partial charge is 0.307 e. The maximum absolute atomic E-state index is 12.9. The molecular weight excluding hydrogens is 231 g/mol. The van der Waals surface area contributed by atoms with Crippen LogP contribution in [0.1, 0.15) is 44.1 Å². The first-order valence-electron chi connectivity index (χ1n) is 6.60. The Labute approximate surface area is 107 Å². The SMILES string of the molecule is CCC1CCC(C(=O)O)C(c2ccc(F)cc2)C1. The lowest BCUT2D eigenvalue weighted by Crippen LogP contribution is -2.29. The van der Waals surface area contributed by atoms with Crippen LogP contribution in [0, 0.1) is 17.7 Å². The van der Waals surface area contributed by atoms with Crippen molar-refractivity contribution in [1.29, 1.82) is 0 Å². The van der Waals surface area contributed by atoms with Gasteiger partial charge in [0.25, 0.3) is 0 Å². The van der Waals surface area contributed by atoms with E-state index < -0.39 is 5.97 Å². The van der Waals surface area contributed by atoms with Crippen LogP contribution in [-0.4, -0.2) is 11.1 Å². The fraction of sp³-hybridized carbons (Fsp3) is 0.533. The highest BCUT2D eigenvalue weighted by atomic mass is 19.1. The third-order valence-electron chi connectivity index (χ3n) is 4.15. The second kappa shape index (κ2) is 5.51. The number of benzene rings is 1. The largest absolute Gasteiger partial charge is 0.481 e. The number of carboxylic acids is 1. The predicted molar refractivity (Wildman–Crippen MR) is 67.9 cm³/mol. The van der Waals surface area contributed by atoms with Crippen molar-refractivity contribution < 1.29 is 14.3 Å². The molecule has 18 heavy (non-hydrogen) atoms. The highest BCUT2D eigenvalue weighted by molar-refractivity contribution is 5.71. The van der Waals surface area contributed by atoms with Crippen molar-refractivity contribution in [1.82, 2.24) is 0 Å². The van der Waals surface area contributed by atoms with Crippen LogP contribution in [0.2, 0.25) is 0 Å². The summed E-state index contributed by atoms with van der Waals surface area (Å²) >= 11 is 0. The number of carboxylic acid groups (broad SMARTS) is 1. The molecule has 0 bridgehead atoms. The molecule has 1 N–H and O–H groups in total. The maximum atomic E-state index is 12.9. The van der Waals surface area contributed by atoms with Crippen LogP contribution in [0.15, 0.2) is 24.3 Å². The van der Waals surface area contributed by atoms with E-state index >= 15 is 0 Å². The van der Waals surface area contributed by atoms with Gasteiger partial charge in [-0.05, 0) is 48.8 Å². The highest BCUT2D eigenvalue weighted by Crippen LogP contribution is 2.41. The minimum Gasteiger partial charge on any atom is -0.481 e. The number of aliphatic carboxylic acids is 1. The third kappa shape index (κ3) is 2.71. The molecule has 0 radical (unpaired) electrons. The Hall–Kier alpha value is -1.38. The molecule has 2 rings (SSSR count). The molecule has 98 valence electrons. The second-order valence-corrected chi connectivity index (χ2v) is 5.19. The second-order valence-electron chi connectivity index (χ2n) is 5.19. The molecule has 3 atom stereocenters. The lowest BCUT2D eigenvalue weighted by Gasteiger charge is -2.34. The molecule has 0 heterocycles. The van der Waals surface area contributed by atoms with Crippen molar-refractivity contribution in [3.05, 3.63) is 35.6 Å². The molecule has 2 nitrogen and oxygen atoms in total. The molecule has 1 aliphatic rings. The zero-order chi connectivity index (χ0) is 13.1. The fourth-order valence-electron chi connectivity index (χ4n) is 3.00. The van der Waals surface area contributed by atoms with Crippen LogP contribution in [0.5, 0.6) is 0 Å². The average molecular weight is 250 g/mol. The van der Waals surface area contributed by atoms with Crippen LogP contribution in [0.25, 0.3) is 0 Å². The Kier molecular flexibility index (Phi) is 4.00. The standard InChI is InChI=1S/C15H19FO2/c1-2-10-3-8-13(15(17)18)14(9-10)11-4-6-12(16)7-5-11/h4-7,10,13-14H,2-3,8-9H2,1H3,(H,17,18). The average Bonchev–Trinajstić information content (AvgIpc) is 2.38.